The summed E-state index contributed by atoms with van der Waals surface area (Å²) < 4.78 is 2.26. The number of carbonyl (C=O) groups excluding carboxylic acids is 1. The number of piperidine rings is 1. The average Bonchev–Trinajstić information content (AvgIpc) is 3.22. The van der Waals surface area contributed by atoms with Crippen LogP contribution in [0.25, 0.3) is 11.2 Å². The van der Waals surface area contributed by atoms with Crippen LogP contribution in [0.4, 0.5) is 10.9 Å². The zero-order chi connectivity index (χ0) is 19.8. The van der Waals surface area contributed by atoms with E-state index in [0.29, 0.717) is 11.7 Å². The largest absolute Gasteiger partial charge is 0.354 e. The zero-order valence-corrected chi connectivity index (χ0v) is 17.4. The number of aryl methyl sites for hydroxylation is 3. The first-order valence-electron chi connectivity index (χ1n) is 10.4. The normalized spacial score (nSPS) is 19.8. The number of thiazole rings is 1. The highest BCUT2D eigenvalue weighted by molar-refractivity contribution is 7.13. The van der Waals surface area contributed by atoms with Crippen molar-refractivity contribution in [3.63, 3.8) is 0 Å². The summed E-state index contributed by atoms with van der Waals surface area (Å²) >= 11 is 1.47. The lowest BCUT2D eigenvalue weighted by Gasteiger charge is -2.32. The fraction of sp³-hybridized carbons (Fsp3) is 0.550. The number of hydrogen-bond acceptors (Lipinski definition) is 7. The Labute approximate surface area is 173 Å². The molecule has 1 amide bonds. The molecule has 2 aliphatic heterocycles. The molecule has 0 aliphatic carbocycles. The van der Waals surface area contributed by atoms with Gasteiger partial charge in [0.15, 0.2) is 22.1 Å². The molecule has 0 aromatic carbocycles. The topological polar surface area (TPSA) is 88.8 Å². The van der Waals surface area contributed by atoms with E-state index in [1.165, 1.54) is 30.6 Å². The fourth-order valence-corrected chi connectivity index (χ4v) is 5.05. The van der Waals surface area contributed by atoms with Crippen LogP contribution >= 0.6 is 11.3 Å². The highest BCUT2D eigenvalue weighted by Crippen LogP contribution is 2.30. The summed E-state index contributed by atoms with van der Waals surface area (Å²) in [6.45, 7) is 4.43. The molecule has 8 nitrogen and oxygen atoms in total. The third-order valence-corrected chi connectivity index (χ3v) is 6.69. The van der Waals surface area contributed by atoms with Crippen LogP contribution in [0.15, 0.2) is 11.7 Å². The molecule has 9 heteroatoms. The number of imidazole rings is 1. The van der Waals surface area contributed by atoms with Gasteiger partial charge in [-0.25, -0.2) is 19.9 Å². The summed E-state index contributed by atoms with van der Waals surface area (Å²) in [4.78, 5) is 33.4. The molecule has 2 aliphatic rings. The Morgan fingerprint density at radius 2 is 2.10 bits per heavy atom. The van der Waals surface area contributed by atoms with E-state index in [4.69, 9.17) is 4.98 Å². The van der Waals surface area contributed by atoms with E-state index in [1.54, 1.807) is 6.33 Å². The highest BCUT2D eigenvalue weighted by Gasteiger charge is 2.29. The van der Waals surface area contributed by atoms with Crippen molar-refractivity contribution in [3.05, 3.63) is 23.2 Å². The maximum atomic E-state index is 12.8. The van der Waals surface area contributed by atoms with E-state index < -0.39 is 0 Å². The van der Waals surface area contributed by atoms with E-state index >= 15 is 0 Å². The number of aromatic nitrogens is 5. The van der Waals surface area contributed by atoms with Crippen molar-refractivity contribution in [3.8, 4) is 0 Å². The third-order valence-electron chi connectivity index (χ3n) is 5.81. The maximum absolute atomic E-state index is 12.8. The van der Waals surface area contributed by atoms with Crippen molar-refractivity contribution in [1.29, 1.82) is 0 Å². The second-order valence-electron chi connectivity index (χ2n) is 7.93. The smallest absolute Gasteiger partial charge is 0.231 e. The van der Waals surface area contributed by atoms with Gasteiger partial charge in [-0.05, 0) is 32.6 Å². The Hall–Kier alpha value is -2.55. The zero-order valence-electron chi connectivity index (χ0n) is 16.6. The molecule has 0 saturated carbocycles. The Bertz CT molecular complexity index is 1040. The van der Waals surface area contributed by atoms with E-state index in [9.17, 15) is 4.79 Å². The molecule has 3 aromatic rings. The SMILES string of the molecule is Cc1csc(NC(=O)[C@H]2CCCN(c3ncnc4c3nc3n4CCCCC3)C2)n1. The minimum Gasteiger partial charge on any atom is -0.354 e. The molecule has 152 valence electrons. The third kappa shape index (κ3) is 3.59. The monoisotopic (exact) mass is 411 g/mol. The number of carbonyl (C=O) groups is 1. The number of hydrogen-bond donors (Lipinski definition) is 1. The molecular formula is C20H25N7OS. The van der Waals surface area contributed by atoms with Crippen molar-refractivity contribution >= 4 is 39.4 Å². The molecule has 0 unspecified atom stereocenters. The lowest BCUT2D eigenvalue weighted by atomic mass is 9.97. The molecule has 1 N–H and O–H groups in total. The number of nitrogens with one attached hydrogen (secondary N) is 1. The predicted octanol–water partition coefficient (Wildman–Crippen LogP) is 3.17. The average molecular weight is 412 g/mol. The van der Waals surface area contributed by atoms with Gasteiger partial charge in [0.1, 0.15) is 12.2 Å². The van der Waals surface area contributed by atoms with Gasteiger partial charge >= 0.3 is 0 Å². The molecule has 3 aromatic heterocycles. The van der Waals surface area contributed by atoms with Crippen molar-refractivity contribution in [2.24, 2.45) is 5.92 Å². The van der Waals surface area contributed by atoms with Gasteiger partial charge in [-0.15, -0.1) is 11.3 Å². The van der Waals surface area contributed by atoms with Crippen LogP contribution in [0.3, 0.4) is 0 Å². The molecule has 1 atom stereocenters. The van der Waals surface area contributed by atoms with Crippen molar-refractivity contribution < 1.29 is 4.79 Å². The van der Waals surface area contributed by atoms with Crippen LogP contribution in [-0.4, -0.2) is 43.5 Å². The summed E-state index contributed by atoms with van der Waals surface area (Å²) in [5.74, 6) is 1.93. The van der Waals surface area contributed by atoms with Crippen LogP contribution < -0.4 is 10.2 Å². The summed E-state index contributed by atoms with van der Waals surface area (Å²) in [5.41, 5.74) is 2.73. The molecular weight excluding hydrogens is 386 g/mol. The minimum atomic E-state index is -0.0848. The molecule has 1 saturated heterocycles. The van der Waals surface area contributed by atoms with Gasteiger partial charge < -0.3 is 14.8 Å². The van der Waals surface area contributed by atoms with Crippen molar-refractivity contribution in [1.82, 2.24) is 24.5 Å². The van der Waals surface area contributed by atoms with Gasteiger partial charge in [0, 0.05) is 31.4 Å². The van der Waals surface area contributed by atoms with Gasteiger partial charge in [0.25, 0.3) is 0 Å². The Balaban J connectivity index is 1.39. The first kappa shape index (κ1) is 18.5. The van der Waals surface area contributed by atoms with Gasteiger partial charge in [-0.1, -0.05) is 6.42 Å². The number of fused-ring (bicyclic) bond motifs is 3. The first-order chi connectivity index (χ1) is 14.2. The van der Waals surface area contributed by atoms with E-state index in [0.717, 1.165) is 60.9 Å². The standard InChI is InChI=1S/C20H25N7OS/c1-13-11-29-20(23-13)25-19(28)14-6-5-8-26(10-14)17-16-18(22-12-21-17)27-9-4-2-3-7-15(27)24-16/h11-12,14H,2-10H2,1H3,(H,23,25,28)/t14-/m0/s1. The molecule has 1 fully saturated rings. The van der Waals surface area contributed by atoms with Crippen LogP contribution in [0.2, 0.25) is 0 Å². The summed E-state index contributed by atoms with van der Waals surface area (Å²) in [6.07, 6.45) is 8.04. The summed E-state index contributed by atoms with van der Waals surface area (Å²) in [6, 6.07) is 0. The fourth-order valence-electron chi connectivity index (χ4n) is 4.36. The lowest BCUT2D eigenvalue weighted by molar-refractivity contribution is -0.120. The molecule has 5 heterocycles. The van der Waals surface area contributed by atoms with Crippen LogP contribution in [-0.2, 0) is 17.8 Å². The second kappa shape index (κ2) is 7.70. The maximum Gasteiger partial charge on any atom is 0.231 e. The highest BCUT2D eigenvalue weighted by atomic mass is 32.1. The van der Waals surface area contributed by atoms with Crippen LogP contribution in [0.1, 0.15) is 43.6 Å². The van der Waals surface area contributed by atoms with Crippen LogP contribution in [0, 0.1) is 12.8 Å². The van der Waals surface area contributed by atoms with E-state index in [1.807, 2.05) is 12.3 Å². The molecule has 5 rings (SSSR count). The van der Waals surface area contributed by atoms with Gasteiger partial charge in [-0.3, -0.25) is 4.79 Å². The second-order valence-corrected chi connectivity index (χ2v) is 8.79. The molecule has 29 heavy (non-hydrogen) atoms. The number of amides is 1. The number of rotatable bonds is 3. The molecule has 0 bridgehead atoms. The van der Waals surface area contributed by atoms with Gasteiger partial charge in [-0.2, -0.15) is 0 Å². The lowest BCUT2D eigenvalue weighted by Crippen LogP contribution is -2.41. The minimum absolute atomic E-state index is 0.0370. The molecule has 0 spiro atoms. The van der Waals surface area contributed by atoms with Crippen molar-refractivity contribution in [2.75, 3.05) is 23.3 Å². The summed E-state index contributed by atoms with van der Waals surface area (Å²) in [5, 5.41) is 5.60. The Kier molecular flexibility index (Phi) is 4.91. The number of anilines is 2. The first-order valence-corrected chi connectivity index (χ1v) is 11.2. The predicted molar refractivity (Wildman–Crippen MR) is 113 cm³/mol. The van der Waals surface area contributed by atoms with Gasteiger partial charge in [0.2, 0.25) is 5.91 Å². The Morgan fingerprint density at radius 3 is 2.97 bits per heavy atom. The molecule has 0 radical (unpaired) electrons. The van der Waals surface area contributed by atoms with E-state index in [-0.39, 0.29) is 11.8 Å². The van der Waals surface area contributed by atoms with E-state index in [2.05, 4.69) is 29.7 Å². The van der Waals surface area contributed by atoms with Gasteiger partial charge in [0.05, 0.1) is 11.6 Å². The number of nitrogens with zero attached hydrogens (tertiary/aromatic N) is 6. The quantitative estimate of drug-likeness (QED) is 0.712. The van der Waals surface area contributed by atoms with Crippen LogP contribution in [0.5, 0.6) is 0 Å². The van der Waals surface area contributed by atoms with Crippen molar-refractivity contribution in [2.45, 2.75) is 52.0 Å². The Morgan fingerprint density at radius 1 is 1.17 bits per heavy atom. The summed E-state index contributed by atoms with van der Waals surface area (Å²) in [7, 11) is 0.